The molecule has 1 aliphatic rings. The standard InChI is InChI=1S/C23H20N4O/c1-17-13-26(16-24-17)20-10-8-18(9-11-20)23(28)27-15-21-6-4-12-25(21)14-19-5-2-3-7-22(19)27/h2-13,16H,14-15H2,1H3. The first kappa shape index (κ1) is 16.6. The number of fused-ring (bicyclic) bond motifs is 2. The Balaban J connectivity index is 1.50. The molecule has 3 heterocycles. The third kappa shape index (κ3) is 2.81. The quantitative estimate of drug-likeness (QED) is 0.532. The van der Waals surface area contributed by atoms with Crippen molar-refractivity contribution in [3.63, 3.8) is 0 Å². The first-order valence-electron chi connectivity index (χ1n) is 9.34. The van der Waals surface area contributed by atoms with Gasteiger partial charge in [-0.25, -0.2) is 4.98 Å². The van der Waals surface area contributed by atoms with E-state index in [0.717, 1.165) is 34.9 Å². The molecule has 138 valence electrons. The zero-order chi connectivity index (χ0) is 19.1. The van der Waals surface area contributed by atoms with Gasteiger partial charge in [0.15, 0.2) is 0 Å². The predicted octanol–water partition coefficient (Wildman–Crippen LogP) is 4.19. The maximum absolute atomic E-state index is 13.4. The van der Waals surface area contributed by atoms with Gasteiger partial charge < -0.3 is 14.0 Å². The average molecular weight is 368 g/mol. The minimum atomic E-state index is 0.00969. The second kappa shape index (κ2) is 6.53. The number of nitrogens with zero attached hydrogens (tertiary/aromatic N) is 4. The van der Waals surface area contributed by atoms with Crippen molar-refractivity contribution in [1.82, 2.24) is 14.1 Å². The molecule has 0 N–H and O–H groups in total. The van der Waals surface area contributed by atoms with E-state index < -0.39 is 0 Å². The molecule has 0 spiro atoms. The molecular formula is C23H20N4O. The molecule has 0 unspecified atom stereocenters. The van der Waals surface area contributed by atoms with Crippen LogP contribution in [0, 0.1) is 6.92 Å². The summed E-state index contributed by atoms with van der Waals surface area (Å²) in [5, 5.41) is 0. The average Bonchev–Trinajstić information content (AvgIpc) is 3.32. The molecule has 1 aliphatic heterocycles. The number of aryl methyl sites for hydroxylation is 1. The van der Waals surface area contributed by atoms with Crippen LogP contribution in [0.2, 0.25) is 0 Å². The number of hydrogen-bond acceptors (Lipinski definition) is 2. The number of hydrogen-bond donors (Lipinski definition) is 0. The summed E-state index contributed by atoms with van der Waals surface area (Å²) in [6, 6.07) is 19.9. The van der Waals surface area contributed by atoms with Gasteiger partial charge >= 0.3 is 0 Å². The SMILES string of the molecule is Cc1cn(-c2ccc(C(=O)N3Cc4cccn4Cc4ccccc43)cc2)cn1. The first-order chi connectivity index (χ1) is 13.7. The van der Waals surface area contributed by atoms with Crippen LogP contribution in [0.1, 0.15) is 27.3 Å². The van der Waals surface area contributed by atoms with E-state index in [-0.39, 0.29) is 5.91 Å². The minimum Gasteiger partial charge on any atom is -0.345 e. The summed E-state index contributed by atoms with van der Waals surface area (Å²) in [6.07, 6.45) is 5.82. The lowest BCUT2D eigenvalue weighted by Crippen LogP contribution is -2.30. The largest absolute Gasteiger partial charge is 0.345 e. The predicted molar refractivity (Wildman–Crippen MR) is 109 cm³/mol. The van der Waals surface area contributed by atoms with Gasteiger partial charge in [0.25, 0.3) is 5.91 Å². The fourth-order valence-corrected chi connectivity index (χ4v) is 3.76. The number of anilines is 1. The zero-order valence-electron chi connectivity index (χ0n) is 15.6. The summed E-state index contributed by atoms with van der Waals surface area (Å²) in [4.78, 5) is 19.5. The molecule has 2 aromatic carbocycles. The number of imidazole rings is 1. The van der Waals surface area contributed by atoms with E-state index in [2.05, 4.69) is 27.9 Å². The highest BCUT2D eigenvalue weighted by atomic mass is 16.2. The lowest BCUT2D eigenvalue weighted by atomic mass is 10.1. The number of benzene rings is 2. The normalized spacial score (nSPS) is 13.0. The van der Waals surface area contributed by atoms with Crippen LogP contribution in [-0.4, -0.2) is 20.0 Å². The lowest BCUT2D eigenvalue weighted by molar-refractivity contribution is 0.0985. The van der Waals surface area contributed by atoms with Gasteiger partial charge in [-0.2, -0.15) is 0 Å². The molecule has 0 radical (unpaired) electrons. The molecule has 0 fully saturated rings. The van der Waals surface area contributed by atoms with Crippen molar-refractivity contribution >= 4 is 11.6 Å². The summed E-state index contributed by atoms with van der Waals surface area (Å²) in [5.41, 5.74) is 5.89. The van der Waals surface area contributed by atoms with Crippen LogP contribution in [-0.2, 0) is 13.1 Å². The molecule has 4 aromatic rings. The number of aromatic nitrogens is 3. The van der Waals surface area contributed by atoms with Gasteiger partial charge in [-0.1, -0.05) is 18.2 Å². The molecule has 5 heteroatoms. The highest BCUT2D eigenvalue weighted by Crippen LogP contribution is 2.29. The molecule has 5 rings (SSSR count). The first-order valence-corrected chi connectivity index (χ1v) is 9.34. The smallest absolute Gasteiger partial charge is 0.258 e. The third-order valence-corrected chi connectivity index (χ3v) is 5.24. The maximum Gasteiger partial charge on any atom is 0.258 e. The number of para-hydroxylation sites is 1. The van der Waals surface area contributed by atoms with Gasteiger partial charge in [0.1, 0.15) is 0 Å². The van der Waals surface area contributed by atoms with Gasteiger partial charge in [-0.3, -0.25) is 4.79 Å². The Bertz CT molecular complexity index is 1150. The fourth-order valence-electron chi connectivity index (χ4n) is 3.76. The Morgan fingerprint density at radius 2 is 1.79 bits per heavy atom. The van der Waals surface area contributed by atoms with E-state index in [9.17, 15) is 4.79 Å². The third-order valence-electron chi connectivity index (χ3n) is 5.24. The Morgan fingerprint density at radius 3 is 2.57 bits per heavy atom. The van der Waals surface area contributed by atoms with E-state index in [1.807, 2.05) is 71.1 Å². The second-order valence-corrected chi connectivity index (χ2v) is 7.12. The van der Waals surface area contributed by atoms with Crippen molar-refractivity contribution in [1.29, 1.82) is 0 Å². The van der Waals surface area contributed by atoms with Crippen molar-refractivity contribution in [3.8, 4) is 5.69 Å². The maximum atomic E-state index is 13.4. The molecule has 0 saturated heterocycles. The molecule has 1 amide bonds. The topological polar surface area (TPSA) is 43.1 Å². The van der Waals surface area contributed by atoms with E-state index in [0.29, 0.717) is 12.1 Å². The van der Waals surface area contributed by atoms with Crippen molar-refractivity contribution in [2.75, 3.05) is 4.90 Å². The van der Waals surface area contributed by atoms with Crippen molar-refractivity contribution < 1.29 is 4.79 Å². The Hall–Kier alpha value is -3.60. The number of rotatable bonds is 2. The molecule has 28 heavy (non-hydrogen) atoms. The van der Waals surface area contributed by atoms with Crippen LogP contribution in [0.4, 0.5) is 5.69 Å². The van der Waals surface area contributed by atoms with Crippen LogP contribution in [0.25, 0.3) is 5.69 Å². The Kier molecular flexibility index (Phi) is 3.86. The van der Waals surface area contributed by atoms with E-state index in [1.165, 1.54) is 0 Å². The molecule has 0 atom stereocenters. The number of amides is 1. The zero-order valence-corrected chi connectivity index (χ0v) is 15.6. The Labute approximate surface area is 163 Å². The van der Waals surface area contributed by atoms with E-state index >= 15 is 0 Å². The van der Waals surface area contributed by atoms with Crippen LogP contribution in [0.3, 0.4) is 0 Å². The van der Waals surface area contributed by atoms with Crippen molar-refractivity contribution in [2.24, 2.45) is 0 Å². The van der Waals surface area contributed by atoms with Crippen molar-refractivity contribution in [3.05, 3.63) is 102 Å². The minimum absolute atomic E-state index is 0.00969. The Morgan fingerprint density at radius 1 is 0.964 bits per heavy atom. The molecule has 0 aliphatic carbocycles. The van der Waals surface area contributed by atoms with Gasteiger partial charge in [0.05, 0.1) is 18.6 Å². The highest BCUT2D eigenvalue weighted by molar-refractivity contribution is 6.06. The van der Waals surface area contributed by atoms with Gasteiger partial charge in [0.2, 0.25) is 0 Å². The molecule has 2 aromatic heterocycles. The van der Waals surface area contributed by atoms with E-state index in [1.54, 1.807) is 6.33 Å². The highest BCUT2D eigenvalue weighted by Gasteiger charge is 2.24. The molecule has 0 bridgehead atoms. The fraction of sp³-hybridized carbons (Fsp3) is 0.130. The summed E-state index contributed by atoms with van der Waals surface area (Å²) in [7, 11) is 0. The molecule has 0 saturated carbocycles. The summed E-state index contributed by atoms with van der Waals surface area (Å²) < 4.78 is 4.16. The molecule has 5 nitrogen and oxygen atoms in total. The van der Waals surface area contributed by atoms with Crippen molar-refractivity contribution in [2.45, 2.75) is 20.0 Å². The van der Waals surface area contributed by atoms with Gasteiger partial charge in [-0.05, 0) is 55.0 Å². The van der Waals surface area contributed by atoms with Crippen LogP contribution in [0.5, 0.6) is 0 Å². The van der Waals surface area contributed by atoms with Gasteiger partial charge in [0, 0.05) is 41.6 Å². The molecular weight excluding hydrogens is 348 g/mol. The van der Waals surface area contributed by atoms with Gasteiger partial charge in [-0.15, -0.1) is 0 Å². The summed E-state index contributed by atoms with van der Waals surface area (Å²) in [6.45, 7) is 3.30. The number of carbonyl (C=O) groups excluding carboxylic acids is 1. The number of carbonyl (C=O) groups is 1. The monoisotopic (exact) mass is 368 g/mol. The summed E-state index contributed by atoms with van der Waals surface area (Å²) in [5.74, 6) is 0.00969. The van der Waals surface area contributed by atoms with Crippen LogP contribution >= 0.6 is 0 Å². The van der Waals surface area contributed by atoms with Crippen LogP contribution < -0.4 is 4.90 Å². The summed E-state index contributed by atoms with van der Waals surface area (Å²) >= 11 is 0. The van der Waals surface area contributed by atoms with Crippen LogP contribution in [0.15, 0.2) is 79.4 Å². The van der Waals surface area contributed by atoms with E-state index in [4.69, 9.17) is 0 Å². The lowest BCUT2D eigenvalue weighted by Gasteiger charge is -2.23. The second-order valence-electron chi connectivity index (χ2n) is 7.12.